The van der Waals surface area contributed by atoms with Crippen molar-refractivity contribution in [3.05, 3.63) is 29.3 Å². The number of esters is 1. The molecule has 0 unspecified atom stereocenters. The number of methoxy groups -OCH3 is 1. The van der Waals surface area contributed by atoms with Crippen molar-refractivity contribution >= 4 is 29.3 Å². The number of aromatic nitrogens is 2. The van der Waals surface area contributed by atoms with Crippen molar-refractivity contribution in [2.24, 2.45) is 0 Å². The first-order valence-corrected chi connectivity index (χ1v) is 6.85. The lowest BCUT2D eigenvalue weighted by atomic mass is 10.2. The first-order chi connectivity index (χ1) is 9.20. The second-order valence-electron chi connectivity index (χ2n) is 3.53. The molecule has 0 N–H and O–H groups in total. The fourth-order valence-corrected chi connectivity index (χ4v) is 2.23. The molecule has 19 heavy (non-hydrogen) atoms. The molecule has 0 radical (unpaired) electrons. The molecule has 2 rings (SSSR count). The number of hydrogen-bond acceptors (Lipinski definition) is 6. The van der Waals surface area contributed by atoms with Crippen LogP contribution in [0.1, 0.15) is 6.42 Å². The molecular formula is C12H11ClN2O3S. The molecule has 2 aromatic rings. The normalized spacial score (nSPS) is 10.4. The summed E-state index contributed by atoms with van der Waals surface area (Å²) in [6.07, 6.45) is 0.297. The van der Waals surface area contributed by atoms with E-state index in [1.807, 2.05) is 12.1 Å². The third-order valence-corrected chi connectivity index (χ3v) is 3.42. The van der Waals surface area contributed by atoms with Gasteiger partial charge in [0.05, 0.1) is 24.1 Å². The molecule has 100 valence electrons. The average molecular weight is 299 g/mol. The molecule has 1 aromatic carbocycles. The largest absolute Gasteiger partial charge is 0.469 e. The Balaban J connectivity index is 2.00. The monoisotopic (exact) mass is 298 g/mol. The second-order valence-corrected chi connectivity index (χ2v) is 4.98. The second kappa shape index (κ2) is 6.58. The van der Waals surface area contributed by atoms with Crippen LogP contribution in [0.15, 0.2) is 33.9 Å². The maximum absolute atomic E-state index is 11.0. The van der Waals surface area contributed by atoms with Crippen LogP contribution in [0, 0.1) is 0 Å². The molecule has 0 saturated carbocycles. The van der Waals surface area contributed by atoms with Gasteiger partial charge in [-0.15, -0.1) is 10.2 Å². The van der Waals surface area contributed by atoms with Crippen LogP contribution in [0.5, 0.6) is 0 Å². The van der Waals surface area contributed by atoms with Crippen LogP contribution in [0.4, 0.5) is 0 Å². The van der Waals surface area contributed by atoms with Gasteiger partial charge in [0.25, 0.3) is 5.22 Å². The third-order valence-electron chi connectivity index (χ3n) is 2.27. The Morgan fingerprint density at radius 3 is 2.95 bits per heavy atom. The minimum absolute atomic E-state index is 0.265. The van der Waals surface area contributed by atoms with E-state index in [0.717, 1.165) is 0 Å². The zero-order chi connectivity index (χ0) is 13.7. The Hall–Kier alpha value is -1.53. The highest BCUT2D eigenvalue weighted by Gasteiger charge is 2.12. The predicted molar refractivity (Wildman–Crippen MR) is 72.1 cm³/mol. The molecule has 0 aliphatic rings. The third kappa shape index (κ3) is 3.71. The molecule has 7 heteroatoms. The number of thioether (sulfide) groups is 1. The quantitative estimate of drug-likeness (QED) is 0.624. The molecular weight excluding hydrogens is 288 g/mol. The minimum Gasteiger partial charge on any atom is -0.469 e. The maximum atomic E-state index is 11.0. The lowest BCUT2D eigenvalue weighted by Gasteiger charge is -1.97. The van der Waals surface area contributed by atoms with Crippen LogP contribution in [0.25, 0.3) is 11.5 Å². The first kappa shape index (κ1) is 13.9. The molecule has 0 aliphatic heterocycles. The van der Waals surface area contributed by atoms with E-state index in [-0.39, 0.29) is 5.97 Å². The van der Waals surface area contributed by atoms with Crippen molar-refractivity contribution in [1.29, 1.82) is 0 Å². The molecule has 0 spiro atoms. The summed E-state index contributed by atoms with van der Waals surface area (Å²) in [5.74, 6) is 0.626. The summed E-state index contributed by atoms with van der Waals surface area (Å²) in [5.41, 5.74) is 0.691. The minimum atomic E-state index is -0.265. The van der Waals surface area contributed by atoms with Crippen molar-refractivity contribution in [3.63, 3.8) is 0 Å². The van der Waals surface area contributed by atoms with Crippen molar-refractivity contribution in [3.8, 4) is 11.5 Å². The number of ether oxygens (including phenoxy) is 1. The highest BCUT2D eigenvalue weighted by atomic mass is 35.5. The summed E-state index contributed by atoms with van der Waals surface area (Å²) in [4.78, 5) is 11.0. The summed E-state index contributed by atoms with van der Waals surface area (Å²) in [6.45, 7) is 0. The molecule has 0 fully saturated rings. The molecule has 0 atom stereocenters. The Morgan fingerprint density at radius 2 is 2.21 bits per heavy atom. The van der Waals surface area contributed by atoms with Crippen molar-refractivity contribution < 1.29 is 13.9 Å². The van der Waals surface area contributed by atoms with Gasteiger partial charge in [0.2, 0.25) is 5.89 Å². The molecule has 0 amide bonds. The number of carbonyl (C=O) groups is 1. The Kier molecular flexibility index (Phi) is 4.81. The highest BCUT2D eigenvalue weighted by Crippen LogP contribution is 2.28. The van der Waals surface area contributed by atoms with Gasteiger partial charge in [0.1, 0.15) is 0 Å². The Morgan fingerprint density at radius 1 is 1.42 bits per heavy atom. The van der Waals surface area contributed by atoms with E-state index in [1.165, 1.54) is 18.9 Å². The van der Waals surface area contributed by atoms with Gasteiger partial charge in [0, 0.05) is 5.75 Å². The zero-order valence-corrected chi connectivity index (χ0v) is 11.7. The van der Waals surface area contributed by atoms with Crippen molar-refractivity contribution in [2.45, 2.75) is 11.6 Å². The smallest absolute Gasteiger partial charge is 0.306 e. The lowest BCUT2D eigenvalue weighted by Crippen LogP contribution is -2.00. The van der Waals surface area contributed by atoms with Crippen molar-refractivity contribution in [1.82, 2.24) is 10.2 Å². The van der Waals surface area contributed by atoms with Crippen molar-refractivity contribution in [2.75, 3.05) is 12.9 Å². The standard InChI is InChI=1S/C12H11ClN2O3S/c1-17-10(16)6-7-19-12-15-14-11(18-12)8-4-2-3-5-9(8)13/h2-5H,6-7H2,1H3. The van der Waals surface area contributed by atoms with E-state index in [4.69, 9.17) is 16.0 Å². The fourth-order valence-electron chi connectivity index (χ4n) is 1.34. The van der Waals surface area contributed by atoms with Gasteiger partial charge in [-0.2, -0.15) is 0 Å². The van der Waals surface area contributed by atoms with Gasteiger partial charge in [-0.3, -0.25) is 4.79 Å². The highest BCUT2D eigenvalue weighted by molar-refractivity contribution is 7.99. The summed E-state index contributed by atoms with van der Waals surface area (Å²) in [5, 5.41) is 8.77. The summed E-state index contributed by atoms with van der Waals surface area (Å²) in [6, 6.07) is 7.23. The summed E-state index contributed by atoms with van der Waals surface area (Å²) >= 11 is 7.34. The molecule has 0 aliphatic carbocycles. The number of halogens is 1. The van der Waals surface area contributed by atoms with E-state index < -0.39 is 0 Å². The molecule has 1 aromatic heterocycles. The van der Waals surface area contributed by atoms with Crippen LogP contribution in [-0.4, -0.2) is 29.0 Å². The average Bonchev–Trinajstić information content (AvgIpc) is 2.87. The Labute approximate surface area is 119 Å². The van der Waals surface area contributed by atoms with Gasteiger partial charge in [-0.25, -0.2) is 0 Å². The van der Waals surface area contributed by atoms with E-state index >= 15 is 0 Å². The molecule has 1 heterocycles. The molecule has 0 bridgehead atoms. The molecule has 0 saturated heterocycles. The number of rotatable bonds is 5. The van der Waals surface area contributed by atoms with E-state index in [1.54, 1.807) is 12.1 Å². The van der Waals surface area contributed by atoms with E-state index in [9.17, 15) is 4.79 Å². The van der Waals surface area contributed by atoms with Crippen LogP contribution in [0.3, 0.4) is 0 Å². The van der Waals surface area contributed by atoms with Crippen LogP contribution in [0.2, 0.25) is 5.02 Å². The number of hydrogen-bond donors (Lipinski definition) is 0. The Bertz CT molecular complexity index is 574. The van der Waals surface area contributed by atoms with Gasteiger partial charge < -0.3 is 9.15 Å². The number of carbonyl (C=O) groups excluding carboxylic acids is 1. The van der Waals surface area contributed by atoms with Gasteiger partial charge in [-0.1, -0.05) is 35.5 Å². The van der Waals surface area contributed by atoms with Crippen LogP contribution in [-0.2, 0) is 9.53 Å². The van der Waals surface area contributed by atoms with Gasteiger partial charge in [-0.05, 0) is 12.1 Å². The molecule has 5 nitrogen and oxygen atoms in total. The summed E-state index contributed by atoms with van der Waals surface area (Å²) < 4.78 is 10.0. The van der Waals surface area contributed by atoms with Gasteiger partial charge in [0.15, 0.2) is 0 Å². The van der Waals surface area contributed by atoms with Gasteiger partial charge >= 0.3 is 5.97 Å². The zero-order valence-electron chi connectivity index (χ0n) is 10.1. The predicted octanol–water partition coefficient (Wildman–Crippen LogP) is 3.05. The SMILES string of the molecule is COC(=O)CCSc1nnc(-c2ccccc2Cl)o1. The van der Waals surface area contributed by atoms with E-state index in [0.29, 0.717) is 33.9 Å². The summed E-state index contributed by atoms with van der Waals surface area (Å²) in [7, 11) is 1.36. The number of benzene rings is 1. The van der Waals surface area contributed by atoms with E-state index in [2.05, 4.69) is 14.9 Å². The van der Waals surface area contributed by atoms with Crippen LogP contribution < -0.4 is 0 Å². The number of nitrogens with zero attached hydrogens (tertiary/aromatic N) is 2. The first-order valence-electron chi connectivity index (χ1n) is 5.48. The lowest BCUT2D eigenvalue weighted by molar-refractivity contribution is -0.140. The maximum Gasteiger partial charge on any atom is 0.306 e. The topological polar surface area (TPSA) is 65.2 Å². The van der Waals surface area contributed by atoms with Crippen LogP contribution >= 0.6 is 23.4 Å². The fraction of sp³-hybridized carbons (Fsp3) is 0.250.